The number of ether oxygens (including phenoxy) is 4. The molecule has 1 heterocycles. The Morgan fingerprint density at radius 1 is 1.00 bits per heavy atom. The zero-order chi connectivity index (χ0) is 16.0. The first-order chi connectivity index (χ1) is 9.85. The molecule has 0 amide bonds. The second-order valence-corrected chi connectivity index (χ2v) is 4.57. The van der Waals surface area contributed by atoms with Crippen LogP contribution in [0.2, 0.25) is 0 Å². The van der Waals surface area contributed by atoms with Gasteiger partial charge in [-0.1, -0.05) is 0 Å². The largest absolute Gasteiger partial charge is 0.463 e. The van der Waals surface area contributed by atoms with Crippen molar-refractivity contribution >= 4 is 17.9 Å². The van der Waals surface area contributed by atoms with E-state index < -0.39 is 42.3 Å². The van der Waals surface area contributed by atoms with Crippen LogP contribution < -0.4 is 0 Å². The smallest absolute Gasteiger partial charge is 0.303 e. The molecule has 1 fully saturated rings. The highest BCUT2D eigenvalue weighted by atomic mass is 16.6. The summed E-state index contributed by atoms with van der Waals surface area (Å²) < 4.78 is 20.8. The molecular weight excluding hydrogens is 280 g/mol. The third kappa shape index (κ3) is 5.08. The highest BCUT2D eigenvalue weighted by Crippen LogP contribution is 2.29. The predicted molar refractivity (Wildman–Crippen MR) is 69.9 cm³/mol. The van der Waals surface area contributed by atoms with E-state index in [1.54, 1.807) is 0 Å². The number of carbonyl (C=O) groups excluding carboxylic acids is 3. The quantitative estimate of drug-likeness (QED) is 0.407. The Morgan fingerprint density at radius 2 is 1.52 bits per heavy atom. The summed E-state index contributed by atoms with van der Waals surface area (Å²) in [5, 5.41) is 0. The third-order valence-electron chi connectivity index (χ3n) is 2.78. The molecule has 1 aliphatic rings. The van der Waals surface area contributed by atoms with Gasteiger partial charge >= 0.3 is 17.9 Å². The van der Waals surface area contributed by atoms with Crippen LogP contribution in [0, 0.1) is 12.3 Å². The van der Waals surface area contributed by atoms with Gasteiger partial charge in [-0.15, -0.1) is 12.3 Å². The summed E-state index contributed by atoms with van der Waals surface area (Å²) in [7, 11) is 0. The molecule has 4 atom stereocenters. The predicted octanol–water partition coefficient (Wildman–Crippen LogP) is 0.204. The van der Waals surface area contributed by atoms with Gasteiger partial charge in [-0.2, -0.15) is 0 Å². The maximum absolute atomic E-state index is 11.2. The molecule has 0 saturated carbocycles. The lowest BCUT2D eigenvalue weighted by Crippen LogP contribution is -2.41. The normalized spacial score (nSPS) is 27.5. The maximum atomic E-state index is 11.2. The summed E-state index contributed by atoms with van der Waals surface area (Å²) in [6.07, 6.45) is 2.37. The van der Waals surface area contributed by atoms with Gasteiger partial charge in [-0.3, -0.25) is 14.4 Å². The van der Waals surface area contributed by atoms with E-state index in [9.17, 15) is 14.4 Å². The standard InChI is InChI=1S/C14H18O7/c1-5-6-11-13(19-9(3)16)14(20-10(4)17)12(21-11)7-18-8(2)15/h1,11-14H,6-7H2,2-4H3/t11-,12+,13+,14+/m0/s1. The fourth-order valence-corrected chi connectivity index (χ4v) is 2.09. The molecule has 0 spiro atoms. The molecule has 0 aromatic heterocycles. The van der Waals surface area contributed by atoms with Crippen molar-refractivity contribution in [3.63, 3.8) is 0 Å². The molecular formula is C14H18O7. The van der Waals surface area contributed by atoms with E-state index >= 15 is 0 Å². The number of hydrogen-bond donors (Lipinski definition) is 0. The average molecular weight is 298 g/mol. The van der Waals surface area contributed by atoms with Gasteiger partial charge in [0.25, 0.3) is 0 Å². The minimum atomic E-state index is -0.871. The molecule has 7 nitrogen and oxygen atoms in total. The summed E-state index contributed by atoms with van der Waals surface area (Å²) in [5.74, 6) is 0.806. The SMILES string of the molecule is C#CC[C@@H]1O[C@H](COC(C)=O)[C@@H](OC(C)=O)[C@@H]1OC(C)=O. The van der Waals surface area contributed by atoms with Crippen molar-refractivity contribution < 1.29 is 33.3 Å². The van der Waals surface area contributed by atoms with Crippen LogP contribution in [-0.4, -0.2) is 48.9 Å². The first kappa shape index (κ1) is 17.0. The molecule has 0 unspecified atom stereocenters. The number of rotatable bonds is 5. The molecule has 0 radical (unpaired) electrons. The first-order valence-electron chi connectivity index (χ1n) is 6.41. The average Bonchev–Trinajstić information content (AvgIpc) is 2.65. The van der Waals surface area contributed by atoms with Crippen LogP contribution in [0.15, 0.2) is 0 Å². The zero-order valence-corrected chi connectivity index (χ0v) is 12.2. The van der Waals surface area contributed by atoms with E-state index in [0.717, 1.165) is 0 Å². The molecule has 0 N–H and O–H groups in total. The Bertz CT molecular complexity index is 451. The van der Waals surface area contributed by atoms with Crippen molar-refractivity contribution in [3.05, 3.63) is 0 Å². The van der Waals surface area contributed by atoms with E-state index in [0.29, 0.717) is 0 Å². The van der Waals surface area contributed by atoms with Crippen LogP contribution in [0.4, 0.5) is 0 Å². The van der Waals surface area contributed by atoms with Gasteiger partial charge in [0, 0.05) is 27.2 Å². The first-order valence-corrected chi connectivity index (χ1v) is 6.41. The highest BCUT2D eigenvalue weighted by Gasteiger charge is 2.49. The van der Waals surface area contributed by atoms with Crippen LogP contribution in [-0.2, 0) is 33.3 Å². The van der Waals surface area contributed by atoms with Crippen molar-refractivity contribution in [2.75, 3.05) is 6.61 Å². The number of esters is 3. The fourth-order valence-electron chi connectivity index (χ4n) is 2.09. The van der Waals surface area contributed by atoms with Gasteiger partial charge in [0.15, 0.2) is 12.2 Å². The number of hydrogen-bond acceptors (Lipinski definition) is 7. The maximum Gasteiger partial charge on any atom is 0.303 e. The van der Waals surface area contributed by atoms with Gasteiger partial charge in [-0.25, -0.2) is 0 Å². The van der Waals surface area contributed by atoms with Crippen molar-refractivity contribution in [3.8, 4) is 12.3 Å². The Morgan fingerprint density at radius 3 is 1.95 bits per heavy atom. The number of carbonyl (C=O) groups is 3. The Labute approximate surface area is 122 Å². The summed E-state index contributed by atoms with van der Waals surface area (Å²) in [6, 6.07) is 0. The molecule has 1 saturated heterocycles. The molecule has 0 aromatic rings. The lowest BCUT2D eigenvalue weighted by Gasteiger charge is -2.22. The van der Waals surface area contributed by atoms with Crippen molar-refractivity contribution in [1.29, 1.82) is 0 Å². The van der Waals surface area contributed by atoms with Crippen LogP contribution in [0.25, 0.3) is 0 Å². The monoisotopic (exact) mass is 298 g/mol. The Kier molecular flexibility index (Phi) is 6.18. The van der Waals surface area contributed by atoms with E-state index in [2.05, 4.69) is 5.92 Å². The minimum Gasteiger partial charge on any atom is -0.463 e. The molecule has 1 rings (SSSR count). The lowest BCUT2D eigenvalue weighted by atomic mass is 10.1. The van der Waals surface area contributed by atoms with Crippen LogP contribution >= 0.6 is 0 Å². The molecule has 7 heteroatoms. The molecule has 1 aliphatic heterocycles. The van der Waals surface area contributed by atoms with Gasteiger partial charge in [0.05, 0.1) is 0 Å². The van der Waals surface area contributed by atoms with E-state index in [1.165, 1.54) is 20.8 Å². The second kappa shape index (κ2) is 7.64. The number of terminal acetylenes is 1. The molecule has 116 valence electrons. The second-order valence-electron chi connectivity index (χ2n) is 4.57. The van der Waals surface area contributed by atoms with Crippen LogP contribution in [0.1, 0.15) is 27.2 Å². The summed E-state index contributed by atoms with van der Waals surface area (Å²) in [5.41, 5.74) is 0. The van der Waals surface area contributed by atoms with Crippen molar-refractivity contribution in [1.82, 2.24) is 0 Å². The summed E-state index contributed by atoms with van der Waals surface area (Å²) >= 11 is 0. The van der Waals surface area contributed by atoms with Crippen molar-refractivity contribution in [2.24, 2.45) is 0 Å². The van der Waals surface area contributed by atoms with Crippen LogP contribution in [0.3, 0.4) is 0 Å². The lowest BCUT2D eigenvalue weighted by molar-refractivity contribution is -0.165. The minimum absolute atomic E-state index is 0.119. The fraction of sp³-hybridized carbons (Fsp3) is 0.643. The van der Waals surface area contributed by atoms with E-state index in [-0.39, 0.29) is 13.0 Å². The Balaban J connectivity index is 2.90. The van der Waals surface area contributed by atoms with Crippen LogP contribution in [0.5, 0.6) is 0 Å². The Hall–Kier alpha value is -2.07. The topological polar surface area (TPSA) is 88.1 Å². The molecule has 0 aromatic carbocycles. The highest BCUT2D eigenvalue weighted by molar-refractivity contribution is 5.68. The third-order valence-corrected chi connectivity index (χ3v) is 2.78. The molecule has 0 aliphatic carbocycles. The van der Waals surface area contributed by atoms with E-state index in [1.807, 2.05) is 0 Å². The zero-order valence-electron chi connectivity index (χ0n) is 12.2. The van der Waals surface area contributed by atoms with Gasteiger partial charge in [0.1, 0.15) is 18.8 Å². The van der Waals surface area contributed by atoms with Gasteiger partial charge in [-0.05, 0) is 0 Å². The molecule has 0 bridgehead atoms. The van der Waals surface area contributed by atoms with E-state index in [4.69, 9.17) is 25.4 Å². The van der Waals surface area contributed by atoms with Gasteiger partial charge < -0.3 is 18.9 Å². The summed E-state index contributed by atoms with van der Waals surface area (Å²) in [6.45, 7) is 3.59. The van der Waals surface area contributed by atoms with Gasteiger partial charge in [0.2, 0.25) is 0 Å². The van der Waals surface area contributed by atoms with Crippen molar-refractivity contribution in [2.45, 2.75) is 51.6 Å². The molecule has 21 heavy (non-hydrogen) atoms. The summed E-state index contributed by atoms with van der Waals surface area (Å²) in [4.78, 5) is 33.3.